The number of allylic oxidation sites excluding steroid dienone is 12. The summed E-state index contributed by atoms with van der Waals surface area (Å²) in [7, 11) is 0. The fourth-order valence-corrected chi connectivity index (χ4v) is 8.89. The fraction of sp³-hybridized carbons (Fsp3) is 0.773. The van der Waals surface area contributed by atoms with Crippen molar-refractivity contribution >= 4 is 17.9 Å². The van der Waals surface area contributed by atoms with Crippen molar-refractivity contribution in [2.75, 3.05) is 13.2 Å². The molecule has 1 unspecified atom stereocenters. The summed E-state index contributed by atoms with van der Waals surface area (Å²) in [6.07, 6.45) is 77.6. The summed E-state index contributed by atoms with van der Waals surface area (Å²) in [6.45, 7) is 6.45. The summed E-state index contributed by atoms with van der Waals surface area (Å²) in [5.74, 6) is -0.882. The smallest absolute Gasteiger partial charge is 0.306 e. The third kappa shape index (κ3) is 57.7. The van der Waals surface area contributed by atoms with Crippen molar-refractivity contribution < 1.29 is 28.6 Å². The first-order valence-corrected chi connectivity index (χ1v) is 30.9. The van der Waals surface area contributed by atoms with Crippen molar-refractivity contribution in [2.45, 2.75) is 316 Å². The van der Waals surface area contributed by atoms with Crippen LogP contribution in [0.25, 0.3) is 0 Å². The maximum absolute atomic E-state index is 12.9. The van der Waals surface area contributed by atoms with Gasteiger partial charge in [-0.3, -0.25) is 14.4 Å². The summed E-state index contributed by atoms with van der Waals surface area (Å²) in [6, 6.07) is 0. The van der Waals surface area contributed by atoms with E-state index in [0.29, 0.717) is 19.3 Å². The molecule has 0 heterocycles. The molecule has 0 aromatic rings. The van der Waals surface area contributed by atoms with E-state index in [-0.39, 0.29) is 31.1 Å². The van der Waals surface area contributed by atoms with E-state index in [1.807, 2.05) is 0 Å². The SMILES string of the molecule is CC/C=C\C/C=C\C/C=C\CCCCCCCCCCCC(=O)OCC(COC(=O)CCCCCCCC/C=C\C/C=C\C/C=C\CC)OC(=O)CCCCCCCCCCCCCCCCCCCCC. The van der Waals surface area contributed by atoms with Crippen LogP contribution in [-0.2, 0) is 28.6 Å². The van der Waals surface area contributed by atoms with Gasteiger partial charge >= 0.3 is 17.9 Å². The van der Waals surface area contributed by atoms with Gasteiger partial charge in [0, 0.05) is 19.3 Å². The van der Waals surface area contributed by atoms with Crippen LogP contribution < -0.4 is 0 Å². The zero-order chi connectivity index (χ0) is 52.2. The number of carbonyl (C=O) groups is 3. The molecule has 1 atom stereocenters. The molecule has 0 saturated heterocycles. The summed E-state index contributed by atoms with van der Waals surface area (Å²) in [4.78, 5) is 38.3. The fourth-order valence-electron chi connectivity index (χ4n) is 8.89. The van der Waals surface area contributed by atoms with Crippen LogP contribution in [0.2, 0.25) is 0 Å². The Morgan fingerprint density at radius 2 is 0.542 bits per heavy atom. The van der Waals surface area contributed by atoms with Crippen LogP contribution >= 0.6 is 0 Å². The van der Waals surface area contributed by atoms with E-state index in [1.54, 1.807) is 0 Å². The van der Waals surface area contributed by atoms with Crippen LogP contribution in [0.4, 0.5) is 0 Å². The topological polar surface area (TPSA) is 78.9 Å². The van der Waals surface area contributed by atoms with E-state index in [0.717, 1.165) is 103 Å². The van der Waals surface area contributed by atoms with Crippen LogP contribution in [0.3, 0.4) is 0 Å². The second-order valence-electron chi connectivity index (χ2n) is 20.6. The van der Waals surface area contributed by atoms with Gasteiger partial charge in [0.2, 0.25) is 0 Å². The predicted octanol–water partition coefficient (Wildman–Crippen LogP) is 20.9. The van der Waals surface area contributed by atoms with Crippen LogP contribution in [0.1, 0.15) is 310 Å². The molecule has 72 heavy (non-hydrogen) atoms. The number of hydrogen-bond donors (Lipinski definition) is 0. The minimum absolute atomic E-state index is 0.0800. The molecule has 6 heteroatoms. The molecule has 0 radical (unpaired) electrons. The van der Waals surface area contributed by atoms with Crippen molar-refractivity contribution in [3.8, 4) is 0 Å². The summed E-state index contributed by atoms with van der Waals surface area (Å²) < 4.78 is 16.9. The van der Waals surface area contributed by atoms with Crippen molar-refractivity contribution in [3.63, 3.8) is 0 Å². The quantitative estimate of drug-likeness (QED) is 0.0261. The highest BCUT2D eigenvalue weighted by atomic mass is 16.6. The first kappa shape index (κ1) is 68.8. The first-order valence-electron chi connectivity index (χ1n) is 30.9. The Morgan fingerprint density at radius 3 is 0.847 bits per heavy atom. The molecular weight excluding hydrogens is 889 g/mol. The summed E-state index contributed by atoms with van der Waals surface area (Å²) >= 11 is 0. The van der Waals surface area contributed by atoms with Gasteiger partial charge in [-0.05, 0) is 83.5 Å². The van der Waals surface area contributed by atoms with E-state index in [4.69, 9.17) is 14.2 Å². The lowest BCUT2D eigenvalue weighted by atomic mass is 10.0. The number of rotatable bonds is 56. The average Bonchev–Trinajstić information content (AvgIpc) is 3.38. The maximum atomic E-state index is 12.9. The van der Waals surface area contributed by atoms with Crippen molar-refractivity contribution in [3.05, 3.63) is 72.9 Å². The molecule has 0 bridgehead atoms. The Morgan fingerprint density at radius 1 is 0.292 bits per heavy atom. The predicted molar refractivity (Wildman–Crippen MR) is 311 cm³/mol. The van der Waals surface area contributed by atoms with E-state index in [9.17, 15) is 14.4 Å². The van der Waals surface area contributed by atoms with Crippen molar-refractivity contribution in [1.29, 1.82) is 0 Å². The van der Waals surface area contributed by atoms with Gasteiger partial charge in [0.25, 0.3) is 0 Å². The molecule has 0 aliphatic carbocycles. The lowest BCUT2D eigenvalue weighted by Gasteiger charge is -2.18. The number of hydrogen-bond acceptors (Lipinski definition) is 6. The average molecular weight is 1010 g/mol. The zero-order valence-electron chi connectivity index (χ0n) is 47.7. The maximum Gasteiger partial charge on any atom is 0.306 e. The van der Waals surface area contributed by atoms with Crippen LogP contribution in [0, 0.1) is 0 Å². The zero-order valence-corrected chi connectivity index (χ0v) is 47.7. The largest absolute Gasteiger partial charge is 0.462 e. The Bertz CT molecular complexity index is 1340. The van der Waals surface area contributed by atoms with Gasteiger partial charge in [-0.1, -0.05) is 280 Å². The Kier molecular flexibility index (Phi) is 57.8. The molecular formula is C66H116O6. The minimum Gasteiger partial charge on any atom is -0.462 e. The molecule has 0 fully saturated rings. The Balaban J connectivity index is 4.37. The standard InChI is InChI=1S/C66H116O6/c1-4-7-10-13-16-19-22-25-28-31-33-35-38-41-44-47-50-53-56-59-65(68)71-62-63(61-70-64(67)58-55-52-49-46-43-40-37-30-27-24-21-18-15-12-9-6-3)72-66(69)60-57-54-51-48-45-42-39-36-34-32-29-26-23-20-17-14-11-8-5-2/h7,9-10,12,16,18-19,21,25,27-28,30,63H,4-6,8,11,13-15,17,20,22-24,26,29,31-62H2,1-3H3/b10-7-,12-9-,19-16-,21-18-,28-25-,30-27-. The third-order valence-corrected chi connectivity index (χ3v) is 13.5. The summed E-state index contributed by atoms with van der Waals surface area (Å²) in [5.41, 5.74) is 0. The van der Waals surface area contributed by atoms with Crippen molar-refractivity contribution in [1.82, 2.24) is 0 Å². The minimum atomic E-state index is -0.783. The van der Waals surface area contributed by atoms with E-state index >= 15 is 0 Å². The molecule has 0 aliphatic rings. The van der Waals surface area contributed by atoms with Crippen LogP contribution in [0.15, 0.2) is 72.9 Å². The van der Waals surface area contributed by atoms with Crippen molar-refractivity contribution in [2.24, 2.45) is 0 Å². The number of ether oxygens (including phenoxy) is 3. The number of esters is 3. The normalized spacial score (nSPS) is 12.5. The monoisotopic (exact) mass is 1000 g/mol. The molecule has 416 valence electrons. The van der Waals surface area contributed by atoms with E-state index in [1.165, 1.54) is 167 Å². The molecule has 0 aromatic heterocycles. The molecule has 6 nitrogen and oxygen atoms in total. The van der Waals surface area contributed by atoms with Gasteiger partial charge in [0.15, 0.2) is 6.10 Å². The Labute approximate surface area is 446 Å². The van der Waals surface area contributed by atoms with Gasteiger partial charge in [0.1, 0.15) is 13.2 Å². The third-order valence-electron chi connectivity index (χ3n) is 13.5. The van der Waals surface area contributed by atoms with Crippen LogP contribution in [0.5, 0.6) is 0 Å². The first-order chi connectivity index (χ1) is 35.5. The van der Waals surface area contributed by atoms with Gasteiger partial charge in [0.05, 0.1) is 0 Å². The molecule has 0 rings (SSSR count). The molecule has 0 saturated carbocycles. The molecule has 0 spiro atoms. The molecule has 0 N–H and O–H groups in total. The van der Waals surface area contributed by atoms with E-state index in [2.05, 4.69) is 93.7 Å². The Hall–Kier alpha value is -3.15. The molecule has 0 amide bonds. The highest BCUT2D eigenvalue weighted by molar-refractivity contribution is 5.71. The number of unbranched alkanes of at least 4 members (excludes halogenated alkanes) is 33. The second kappa shape index (κ2) is 60.4. The lowest BCUT2D eigenvalue weighted by molar-refractivity contribution is -0.167. The van der Waals surface area contributed by atoms with Gasteiger partial charge < -0.3 is 14.2 Å². The molecule has 0 aromatic carbocycles. The molecule has 0 aliphatic heterocycles. The second-order valence-corrected chi connectivity index (χ2v) is 20.6. The van der Waals surface area contributed by atoms with Gasteiger partial charge in [-0.15, -0.1) is 0 Å². The van der Waals surface area contributed by atoms with E-state index < -0.39 is 6.10 Å². The van der Waals surface area contributed by atoms with Gasteiger partial charge in [-0.25, -0.2) is 0 Å². The summed E-state index contributed by atoms with van der Waals surface area (Å²) in [5, 5.41) is 0. The lowest BCUT2D eigenvalue weighted by Crippen LogP contribution is -2.30. The highest BCUT2D eigenvalue weighted by Crippen LogP contribution is 2.17. The van der Waals surface area contributed by atoms with Crippen LogP contribution in [-0.4, -0.2) is 37.2 Å². The number of carbonyl (C=O) groups excluding carboxylic acids is 3. The highest BCUT2D eigenvalue weighted by Gasteiger charge is 2.19. The van der Waals surface area contributed by atoms with Gasteiger partial charge in [-0.2, -0.15) is 0 Å².